The minimum absolute atomic E-state index is 0.435. The second kappa shape index (κ2) is 5.14. The number of carboxylic acid groups (broad SMARTS) is 1. The van der Waals surface area contributed by atoms with E-state index in [0.717, 1.165) is 22.3 Å². The topological polar surface area (TPSA) is 49.8 Å². The Balaban J connectivity index is 1.92. The number of carbonyl (C=O) groups is 1. The van der Waals surface area contributed by atoms with Crippen molar-refractivity contribution < 1.29 is 14.6 Å². The van der Waals surface area contributed by atoms with E-state index in [4.69, 9.17) is 21.4 Å². The average Bonchev–Trinajstić information content (AvgIpc) is 2.64. The zero-order valence-electron chi connectivity index (χ0n) is 8.56. The molecule has 1 N–H and O–H groups in total. The van der Waals surface area contributed by atoms with Gasteiger partial charge in [0.1, 0.15) is 0 Å². The van der Waals surface area contributed by atoms with E-state index in [1.807, 2.05) is 12.1 Å². The average molecular weight is 262 g/mol. The van der Waals surface area contributed by atoms with Gasteiger partial charge in [-0.15, -0.1) is 11.3 Å². The van der Waals surface area contributed by atoms with Crippen LogP contribution in [0.25, 0.3) is 0 Å². The Kier molecular flexibility index (Phi) is 3.81. The molecule has 0 amide bonds. The molecule has 1 aliphatic rings. The summed E-state index contributed by atoms with van der Waals surface area (Å²) in [6, 6.07) is 3.83. The fourth-order valence-corrected chi connectivity index (χ4v) is 2.78. The third-order valence-electron chi connectivity index (χ3n) is 2.43. The van der Waals surface area contributed by atoms with Gasteiger partial charge in [-0.2, -0.15) is 0 Å². The van der Waals surface area contributed by atoms with E-state index in [-0.39, 0.29) is 0 Å². The number of halogens is 1. The van der Waals surface area contributed by atoms with Crippen molar-refractivity contribution >= 4 is 28.9 Å². The summed E-state index contributed by atoms with van der Waals surface area (Å²) in [6.07, 6.45) is -0.704. The predicted molar refractivity (Wildman–Crippen MR) is 62.0 cm³/mol. The van der Waals surface area contributed by atoms with Crippen molar-refractivity contribution in [3.8, 4) is 0 Å². The van der Waals surface area contributed by atoms with Crippen LogP contribution < -0.4 is 0 Å². The van der Waals surface area contributed by atoms with Crippen LogP contribution in [0.4, 0.5) is 0 Å². The van der Waals surface area contributed by atoms with Gasteiger partial charge in [-0.3, -0.25) is 4.90 Å². The number of morpholine rings is 1. The van der Waals surface area contributed by atoms with E-state index < -0.39 is 12.1 Å². The fraction of sp³-hybridized carbons (Fsp3) is 0.500. The third kappa shape index (κ3) is 2.95. The number of aliphatic carboxylic acids is 1. The number of rotatable bonds is 3. The highest BCUT2D eigenvalue weighted by Crippen LogP contribution is 2.23. The molecule has 1 saturated heterocycles. The van der Waals surface area contributed by atoms with Crippen LogP contribution in [0, 0.1) is 0 Å². The van der Waals surface area contributed by atoms with E-state index in [1.165, 1.54) is 11.3 Å². The molecule has 1 atom stereocenters. The second-order valence-electron chi connectivity index (χ2n) is 3.64. The van der Waals surface area contributed by atoms with Gasteiger partial charge in [-0.05, 0) is 12.1 Å². The van der Waals surface area contributed by atoms with E-state index in [2.05, 4.69) is 4.90 Å². The highest BCUT2D eigenvalue weighted by Gasteiger charge is 2.26. The van der Waals surface area contributed by atoms with Crippen molar-refractivity contribution in [2.75, 3.05) is 19.7 Å². The number of nitrogens with zero attached hydrogens (tertiary/aromatic N) is 1. The molecule has 1 unspecified atom stereocenters. The molecule has 6 heteroatoms. The monoisotopic (exact) mass is 261 g/mol. The van der Waals surface area contributed by atoms with Gasteiger partial charge in [0.2, 0.25) is 0 Å². The molecule has 2 rings (SSSR count). The summed E-state index contributed by atoms with van der Waals surface area (Å²) >= 11 is 7.36. The van der Waals surface area contributed by atoms with Crippen molar-refractivity contribution in [1.29, 1.82) is 0 Å². The Morgan fingerprint density at radius 3 is 3.12 bits per heavy atom. The van der Waals surface area contributed by atoms with Crippen LogP contribution in [-0.2, 0) is 16.1 Å². The van der Waals surface area contributed by atoms with Gasteiger partial charge in [0.05, 0.1) is 10.9 Å². The van der Waals surface area contributed by atoms with Gasteiger partial charge in [-0.1, -0.05) is 11.6 Å². The highest BCUT2D eigenvalue weighted by atomic mass is 35.5. The Morgan fingerprint density at radius 1 is 1.69 bits per heavy atom. The lowest BCUT2D eigenvalue weighted by molar-refractivity contribution is -0.156. The standard InChI is InChI=1S/C10H12ClNO3S/c11-9-2-1-7(16-9)5-12-3-4-15-8(6-12)10(13)14/h1-2,8H,3-6H2,(H,13,14). The number of thiophene rings is 1. The van der Waals surface area contributed by atoms with Gasteiger partial charge < -0.3 is 9.84 Å². The Labute approximate surface area is 102 Å². The van der Waals surface area contributed by atoms with Crippen LogP contribution in [-0.4, -0.2) is 41.8 Å². The molecule has 0 radical (unpaired) electrons. The Morgan fingerprint density at radius 2 is 2.50 bits per heavy atom. The first-order chi connectivity index (χ1) is 7.65. The minimum atomic E-state index is -0.895. The van der Waals surface area contributed by atoms with Gasteiger partial charge in [0.15, 0.2) is 6.10 Å². The zero-order chi connectivity index (χ0) is 11.5. The molecular formula is C10H12ClNO3S. The van der Waals surface area contributed by atoms with Crippen molar-refractivity contribution in [2.45, 2.75) is 12.6 Å². The summed E-state index contributed by atoms with van der Waals surface area (Å²) in [4.78, 5) is 14.0. The first-order valence-electron chi connectivity index (χ1n) is 4.96. The van der Waals surface area contributed by atoms with E-state index in [1.54, 1.807) is 0 Å². The summed E-state index contributed by atoms with van der Waals surface area (Å²) < 4.78 is 5.91. The normalized spacial score (nSPS) is 22.2. The first-order valence-corrected chi connectivity index (χ1v) is 6.15. The molecule has 0 bridgehead atoms. The summed E-state index contributed by atoms with van der Waals surface area (Å²) in [5, 5.41) is 8.86. The van der Waals surface area contributed by atoms with Crippen LogP contribution in [0.2, 0.25) is 4.34 Å². The first kappa shape index (κ1) is 11.9. The summed E-state index contributed by atoms with van der Waals surface area (Å²) in [5.41, 5.74) is 0. The number of ether oxygens (including phenoxy) is 1. The van der Waals surface area contributed by atoms with Gasteiger partial charge in [0.25, 0.3) is 0 Å². The van der Waals surface area contributed by atoms with E-state index in [0.29, 0.717) is 13.2 Å². The molecule has 0 aromatic carbocycles. The lowest BCUT2D eigenvalue weighted by Gasteiger charge is -2.30. The molecule has 16 heavy (non-hydrogen) atoms. The molecule has 2 heterocycles. The maximum absolute atomic E-state index is 10.8. The maximum Gasteiger partial charge on any atom is 0.334 e. The van der Waals surface area contributed by atoms with Crippen molar-refractivity contribution in [3.63, 3.8) is 0 Å². The van der Waals surface area contributed by atoms with Gasteiger partial charge in [-0.25, -0.2) is 4.79 Å². The van der Waals surface area contributed by atoms with Crippen LogP contribution in [0.5, 0.6) is 0 Å². The molecule has 1 aromatic rings. The molecular weight excluding hydrogens is 250 g/mol. The number of hydrogen-bond acceptors (Lipinski definition) is 4. The molecule has 0 aliphatic carbocycles. The van der Waals surface area contributed by atoms with Crippen LogP contribution in [0.3, 0.4) is 0 Å². The molecule has 88 valence electrons. The largest absolute Gasteiger partial charge is 0.479 e. The molecule has 1 fully saturated rings. The zero-order valence-corrected chi connectivity index (χ0v) is 10.1. The maximum atomic E-state index is 10.8. The highest BCUT2D eigenvalue weighted by molar-refractivity contribution is 7.16. The fourth-order valence-electron chi connectivity index (χ4n) is 1.65. The smallest absolute Gasteiger partial charge is 0.334 e. The lowest BCUT2D eigenvalue weighted by atomic mass is 10.2. The molecule has 1 aliphatic heterocycles. The molecule has 0 saturated carbocycles. The molecule has 1 aromatic heterocycles. The van der Waals surface area contributed by atoms with E-state index in [9.17, 15) is 4.79 Å². The molecule has 4 nitrogen and oxygen atoms in total. The summed E-state index contributed by atoms with van der Waals surface area (Å²) in [5.74, 6) is -0.895. The Bertz CT molecular complexity index is 382. The quantitative estimate of drug-likeness (QED) is 0.900. The van der Waals surface area contributed by atoms with Crippen LogP contribution in [0.15, 0.2) is 12.1 Å². The van der Waals surface area contributed by atoms with Gasteiger partial charge >= 0.3 is 5.97 Å². The predicted octanol–water partition coefficient (Wildman–Crippen LogP) is 1.69. The second-order valence-corrected chi connectivity index (χ2v) is 5.44. The van der Waals surface area contributed by atoms with Crippen molar-refractivity contribution in [1.82, 2.24) is 4.90 Å². The number of carboxylic acids is 1. The molecule has 0 spiro atoms. The van der Waals surface area contributed by atoms with Crippen molar-refractivity contribution in [2.24, 2.45) is 0 Å². The third-order valence-corrected chi connectivity index (χ3v) is 3.65. The summed E-state index contributed by atoms with van der Waals surface area (Å²) in [7, 11) is 0. The summed E-state index contributed by atoms with van der Waals surface area (Å²) in [6.45, 7) is 2.41. The van der Waals surface area contributed by atoms with Crippen LogP contribution in [0.1, 0.15) is 4.88 Å². The van der Waals surface area contributed by atoms with Crippen LogP contribution >= 0.6 is 22.9 Å². The number of hydrogen-bond donors (Lipinski definition) is 1. The lowest BCUT2D eigenvalue weighted by Crippen LogP contribution is -2.45. The van der Waals surface area contributed by atoms with Gasteiger partial charge in [0, 0.05) is 24.5 Å². The SMILES string of the molecule is O=C(O)C1CN(Cc2ccc(Cl)s2)CCO1. The minimum Gasteiger partial charge on any atom is -0.479 e. The van der Waals surface area contributed by atoms with E-state index >= 15 is 0 Å². The van der Waals surface area contributed by atoms with Crippen molar-refractivity contribution in [3.05, 3.63) is 21.3 Å². The Hall–Kier alpha value is -0.620.